The molecule has 2 atom stereocenters. The Balaban J connectivity index is 1.68. The Labute approximate surface area is 164 Å². The van der Waals surface area contributed by atoms with Crippen molar-refractivity contribution in [2.24, 2.45) is 0 Å². The van der Waals surface area contributed by atoms with Gasteiger partial charge in [-0.1, -0.05) is 18.2 Å². The number of carbonyl (C=O) groups is 3. The van der Waals surface area contributed by atoms with Crippen molar-refractivity contribution in [3.8, 4) is 0 Å². The maximum atomic E-state index is 12.8. The molecule has 1 saturated heterocycles. The zero-order chi connectivity index (χ0) is 20.5. The highest BCUT2D eigenvalue weighted by Gasteiger charge is 2.38. The number of H-pyrrole nitrogens is 1. The maximum absolute atomic E-state index is 12.8. The van der Waals surface area contributed by atoms with Gasteiger partial charge in [0.05, 0.1) is 0 Å². The summed E-state index contributed by atoms with van der Waals surface area (Å²) in [7, 11) is 0. The van der Waals surface area contributed by atoms with Gasteiger partial charge in [0.15, 0.2) is 6.10 Å². The molecule has 0 bridgehead atoms. The van der Waals surface area contributed by atoms with Gasteiger partial charge in [0, 0.05) is 29.2 Å². The van der Waals surface area contributed by atoms with Gasteiger partial charge in [0.1, 0.15) is 11.6 Å². The molecule has 28 heavy (non-hydrogen) atoms. The Kier molecular flexibility index (Phi) is 5.45. The Morgan fingerprint density at radius 3 is 2.64 bits per heavy atom. The minimum absolute atomic E-state index is 0.285. The van der Waals surface area contributed by atoms with Gasteiger partial charge >= 0.3 is 12.1 Å². The van der Waals surface area contributed by atoms with Gasteiger partial charge < -0.3 is 14.5 Å². The van der Waals surface area contributed by atoms with Gasteiger partial charge in [-0.05, 0) is 46.6 Å². The molecule has 0 spiro atoms. The normalized spacial score (nSPS) is 18.1. The highest BCUT2D eigenvalue weighted by Crippen LogP contribution is 2.24. The number of ketones is 1. The molecule has 0 aliphatic carbocycles. The number of hydrogen-bond acceptors (Lipinski definition) is 5. The molecular weight excluding hydrogens is 360 g/mol. The lowest BCUT2D eigenvalue weighted by atomic mass is 10.1. The zero-order valence-electron chi connectivity index (χ0n) is 16.7. The SMILES string of the molecule is C[C@H](OC(=O)[C@@H]1CCCN1C(=O)OC(C)(C)C)C(=O)c1c[nH]c2ccccc12. The number of Topliss-reactive ketones (excluding diaryl/α,β-unsaturated/α-hetero) is 1. The molecule has 7 heteroatoms. The molecule has 150 valence electrons. The molecule has 1 amide bonds. The van der Waals surface area contributed by atoms with Gasteiger partial charge in [0.25, 0.3) is 0 Å². The third-order valence-electron chi connectivity index (χ3n) is 4.67. The number of likely N-dealkylation sites (tertiary alicyclic amines) is 1. The maximum Gasteiger partial charge on any atom is 0.411 e. The number of esters is 1. The van der Waals surface area contributed by atoms with Crippen LogP contribution < -0.4 is 0 Å². The molecule has 1 aliphatic heterocycles. The van der Waals surface area contributed by atoms with E-state index in [4.69, 9.17) is 9.47 Å². The molecule has 2 heterocycles. The van der Waals surface area contributed by atoms with Crippen LogP contribution in [-0.4, -0.2) is 52.0 Å². The van der Waals surface area contributed by atoms with E-state index in [1.54, 1.807) is 33.9 Å². The van der Waals surface area contributed by atoms with Crippen LogP contribution in [0, 0.1) is 0 Å². The molecular formula is C21H26N2O5. The first-order chi connectivity index (χ1) is 13.2. The van der Waals surface area contributed by atoms with Gasteiger partial charge in [-0.15, -0.1) is 0 Å². The minimum Gasteiger partial charge on any atom is -0.453 e. The first kappa shape index (κ1) is 19.9. The summed E-state index contributed by atoms with van der Waals surface area (Å²) >= 11 is 0. The Bertz CT molecular complexity index is 896. The fraction of sp³-hybridized carbons (Fsp3) is 0.476. The van der Waals surface area contributed by atoms with E-state index in [-0.39, 0.29) is 5.78 Å². The number of ether oxygens (including phenoxy) is 2. The van der Waals surface area contributed by atoms with Crippen LogP contribution >= 0.6 is 0 Å². The van der Waals surface area contributed by atoms with Gasteiger partial charge in [0.2, 0.25) is 5.78 Å². The molecule has 1 aromatic heterocycles. The van der Waals surface area contributed by atoms with E-state index in [0.717, 1.165) is 10.9 Å². The van der Waals surface area contributed by atoms with Gasteiger partial charge in [-0.3, -0.25) is 9.69 Å². The molecule has 1 aliphatic rings. The molecule has 2 aromatic rings. The Morgan fingerprint density at radius 1 is 1.21 bits per heavy atom. The number of aromatic nitrogens is 1. The topological polar surface area (TPSA) is 88.7 Å². The number of benzene rings is 1. The van der Waals surface area contributed by atoms with Crippen molar-refractivity contribution >= 4 is 28.7 Å². The minimum atomic E-state index is -0.951. The molecule has 3 rings (SSSR count). The number of fused-ring (bicyclic) bond motifs is 1. The summed E-state index contributed by atoms with van der Waals surface area (Å²) in [5, 5.41) is 0.784. The fourth-order valence-corrected chi connectivity index (χ4v) is 3.35. The second kappa shape index (κ2) is 7.66. The summed E-state index contributed by atoms with van der Waals surface area (Å²) in [4.78, 5) is 42.2. The van der Waals surface area contributed by atoms with Crippen molar-refractivity contribution in [2.45, 2.75) is 58.3 Å². The van der Waals surface area contributed by atoms with Crippen molar-refractivity contribution in [3.63, 3.8) is 0 Å². The second-order valence-corrected chi connectivity index (χ2v) is 8.02. The summed E-state index contributed by atoms with van der Waals surface area (Å²) in [5.41, 5.74) is 0.676. The van der Waals surface area contributed by atoms with E-state index < -0.39 is 29.8 Å². The number of para-hydroxylation sites is 1. The Morgan fingerprint density at radius 2 is 1.93 bits per heavy atom. The first-order valence-electron chi connectivity index (χ1n) is 9.48. The standard InChI is InChI=1S/C21H26N2O5/c1-13(18(24)15-12-22-16-9-6-5-8-14(15)16)27-19(25)17-10-7-11-23(17)20(26)28-21(2,3)4/h5-6,8-9,12-13,17,22H,7,10-11H2,1-4H3/t13-,17-/m0/s1. The molecule has 1 fully saturated rings. The van der Waals surface area contributed by atoms with E-state index in [1.807, 2.05) is 24.3 Å². The van der Waals surface area contributed by atoms with Crippen molar-refractivity contribution in [3.05, 3.63) is 36.0 Å². The summed E-state index contributed by atoms with van der Waals surface area (Å²) in [6, 6.07) is 6.71. The third kappa shape index (κ3) is 4.18. The largest absolute Gasteiger partial charge is 0.453 e. The highest BCUT2D eigenvalue weighted by molar-refractivity contribution is 6.10. The van der Waals surface area contributed by atoms with Crippen LogP contribution in [0.5, 0.6) is 0 Å². The lowest BCUT2D eigenvalue weighted by Gasteiger charge is -2.28. The van der Waals surface area contributed by atoms with Crippen molar-refractivity contribution in [2.75, 3.05) is 6.54 Å². The highest BCUT2D eigenvalue weighted by atomic mass is 16.6. The lowest BCUT2D eigenvalue weighted by Crippen LogP contribution is -2.45. The van der Waals surface area contributed by atoms with Crippen molar-refractivity contribution in [1.82, 2.24) is 9.88 Å². The van der Waals surface area contributed by atoms with Crippen LogP contribution in [0.25, 0.3) is 10.9 Å². The van der Waals surface area contributed by atoms with Crippen molar-refractivity contribution in [1.29, 1.82) is 0 Å². The summed E-state index contributed by atoms with van der Waals surface area (Å²) in [5.74, 6) is -0.864. The summed E-state index contributed by atoms with van der Waals surface area (Å²) in [6.07, 6.45) is 1.31. The number of amides is 1. The number of nitrogens with zero attached hydrogens (tertiary/aromatic N) is 1. The van der Waals surface area contributed by atoms with E-state index in [2.05, 4.69) is 4.98 Å². The number of nitrogens with one attached hydrogen (secondary N) is 1. The fourth-order valence-electron chi connectivity index (χ4n) is 3.35. The average Bonchev–Trinajstić information content (AvgIpc) is 3.26. The summed E-state index contributed by atoms with van der Waals surface area (Å²) in [6.45, 7) is 7.30. The van der Waals surface area contributed by atoms with Crippen LogP contribution in [0.1, 0.15) is 50.9 Å². The number of aromatic amines is 1. The second-order valence-electron chi connectivity index (χ2n) is 8.02. The van der Waals surface area contributed by atoms with E-state index in [9.17, 15) is 14.4 Å². The molecule has 1 aromatic carbocycles. The predicted octanol–water partition coefficient (Wildman–Crippen LogP) is 3.68. The smallest absolute Gasteiger partial charge is 0.411 e. The third-order valence-corrected chi connectivity index (χ3v) is 4.67. The average molecular weight is 386 g/mol. The van der Waals surface area contributed by atoms with Crippen LogP contribution in [0.15, 0.2) is 30.5 Å². The zero-order valence-corrected chi connectivity index (χ0v) is 16.7. The number of rotatable bonds is 4. The van der Waals surface area contributed by atoms with E-state index in [1.165, 1.54) is 4.90 Å². The Hall–Kier alpha value is -2.83. The van der Waals surface area contributed by atoms with E-state index in [0.29, 0.717) is 24.9 Å². The first-order valence-corrected chi connectivity index (χ1v) is 9.48. The number of hydrogen-bond donors (Lipinski definition) is 1. The monoisotopic (exact) mass is 386 g/mol. The van der Waals surface area contributed by atoms with Crippen LogP contribution in [0.4, 0.5) is 4.79 Å². The molecule has 0 saturated carbocycles. The van der Waals surface area contributed by atoms with Gasteiger partial charge in [-0.2, -0.15) is 0 Å². The molecule has 1 N–H and O–H groups in total. The summed E-state index contributed by atoms with van der Waals surface area (Å²) < 4.78 is 10.8. The quantitative estimate of drug-likeness (QED) is 0.640. The predicted molar refractivity (Wildman–Crippen MR) is 104 cm³/mol. The van der Waals surface area contributed by atoms with Crippen LogP contribution in [0.2, 0.25) is 0 Å². The van der Waals surface area contributed by atoms with E-state index >= 15 is 0 Å². The van der Waals surface area contributed by atoms with Gasteiger partial charge in [-0.25, -0.2) is 9.59 Å². The molecule has 0 radical (unpaired) electrons. The van der Waals surface area contributed by atoms with Crippen LogP contribution in [0.3, 0.4) is 0 Å². The molecule has 0 unspecified atom stereocenters. The van der Waals surface area contributed by atoms with Crippen LogP contribution in [-0.2, 0) is 14.3 Å². The number of carbonyl (C=O) groups excluding carboxylic acids is 3. The molecule has 7 nitrogen and oxygen atoms in total. The van der Waals surface area contributed by atoms with Crippen molar-refractivity contribution < 1.29 is 23.9 Å². The lowest BCUT2D eigenvalue weighted by molar-refractivity contribution is -0.151.